The van der Waals surface area contributed by atoms with Gasteiger partial charge in [0.25, 0.3) is 0 Å². The molecule has 0 fully saturated rings. The van der Waals surface area contributed by atoms with Gasteiger partial charge in [-0.1, -0.05) is 0 Å². The van der Waals surface area contributed by atoms with Crippen LogP contribution in [0.1, 0.15) is 18.7 Å². The first-order chi connectivity index (χ1) is 7.18. The van der Waals surface area contributed by atoms with Crippen LogP contribution in [-0.2, 0) is 0 Å². The predicted octanol–water partition coefficient (Wildman–Crippen LogP) is 1.54. The monoisotopic (exact) mass is 208 g/mol. The van der Waals surface area contributed by atoms with E-state index in [1.807, 2.05) is 13.0 Å². The highest BCUT2D eigenvalue weighted by molar-refractivity contribution is 5.32. The summed E-state index contributed by atoms with van der Waals surface area (Å²) in [5, 5.41) is 3.29. The highest BCUT2D eigenvalue weighted by atomic mass is 15.0. The Balaban J connectivity index is 2.15. The van der Waals surface area contributed by atoms with Crippen molar-refractivity contribution in [1.82, 2.24) is 14.9 Å². The van der Waals surface area contributed by atoms with Gasteiger partial charge < -0.3 is 10.2 Å². The lowest BCUT2D eigenvalue weighted by atomic mass is 10.3. The van der Waals surface area contributed by atoms with E-state index in [-0.39, 0.29) is 0 Å². The molecule has 1 aromatic heterocycles. The van der Waals surface area contributed by atoms with Crippen molar-refractivity contribution in [2.24, 2.45) is 0 Å². The average Bonchev–Trinajstić information content (AvgIpc) is 2.17. The molecule has 0 aliphatic carbocycles. The number of hydrogen-bond donors (Lipinski definition) is 1. The second-order valence-electron chi connectivity index (χ2n) is 3.93. The van der Waals surface area contributed by atoms with Gasteiger partial charge in [0.2, 0.25) is 0 Å². The number of nitrogens with zero attached hydrogens (tertiary/aromatic N) is 3. The standard InChI is InChI=1S/C11H20N4/c1-10-12-8-6-11(14-10)13-7-4-5-9-15(2)3/h6,8H,4-5,7,9H2,1-3H3,(H,12,13,14). The zero-order valence-electron chi connectivity index (χ0n) is 9.82. The number of aromatic nitrogens is 2. The Bertz CT molecular complexity index is 286. The molecule has 1 N–H and O–H groups in total. The third kappa shape index (κ3) is 5.32. The molecule has 0 aliphatic rings. The minimum absolute atomic E-state index is 0.813. The molecule has 1 heterocycles. The summed E-state index contributed by atoms with van der Waals surface area (Å²) in [5.74, 6) is 1.74. The van der Waals surface area contributed by atoms with Crippen molar-refractivity contribution in [1.29, 1.82) is 0 Å². The molecule has 0 unspecified atom stereocenters. The summed E-state index contributed by atoms with van der Waals surface area (Å²) in [6.07, 6.45) is 4.16. The summed E-state index contributed by atoms with van der Waals surface area (Å²) < 4.78 is 0. The van der Waals surface area contributed by atoms with Crippen LogP contribution in [0.25, 0.3) is 0 Å². The van der Waals surface area contributed by atoms with E-state index in [0.717, 1.165) is 24.7 Å². The molecule has 84 valence electrons. The summed E-state index contributed by atoms with van der Waals surface area (Å²) in [4.78, 5) is 10.5. The van der Waals surface area contributed by atoms with E-state index < -0.39 is 0 Å². The molecule has 0 saturated heterocycles. The van der Waals surface area contributed by atoms with Crippen LogP contribution < -0.4 is 5.32 Å². The summed E-state index contributed by atoms with van der Waals surface area (Å²) in [5.41, 5.74) is 0. The van der Waals surface area contributed by atoms with E-state index in [2.05, 4.69) is 34.3 Å². The molecule has 4 nitrogen and oxygen atoms in total. The van der Waals surface area contributed by atoms with Crippen molar-refractivity contribution in [3.8, 4) is 0 Å². The zero-order valence-corrected chi connectivity index (χ0v) is 9.82. The number of unbranched alkanes of at least 4 members (excludes halogenated alkanes) is 1. The van der Waals surface area contributed by atoms with Crippen LogP contribution in [0, 0.1) is 6.92 Å². The largest absolute Gasteiger partial charge is 0.370 e. The fourth-order valence-electron chi connectivity index (χ4n) is 1.32. The maximum Gasteiger partial charge on any atom is 0.129 e. The first-order valence-electron chi connectivity index (χ1n) is 5.37. The Morgan fingerprint density at radius 3 is 2.80 bits per heavy atom. The van der Waals surface area contributed by atoms with Gasteiger partial charge in [-0.25, -0.2) is 9.97 Å². The second-order valence-corrected chi connectivity index (χ2v) is 3.93. The molecule has 0 spiro atoms. The minimum Gasteiger partial charge on any atom is -0.370 e. The summed E-state index contributed by atoms with van der Waals surface area (Å²) in [6.45, 7) is 4.02. The number of aryl methyl sites for hydroxylation is 1. The van der Waals surface area contributed by atoms with Gasteiger partial charge in [-0.05, 0) is 46.5 Å². The van der Waals surface area contributed by atoms with Crippen LogP contribution in [0.15, 0.2) is 12.3 Å². The maximum atomic E-state index is 4.27. The van der Waals surface area contributed by atoms with Gasteiger partial charge >= 0.3 is 0 Å². The van der Waals surface area contributed by atoms with Gasteiger partial charge in [-0.15, -0.1) is 0 Å². The highest BCUT2D eigenvalue weighted by Gasteiger charge is 1.94. The van der Waals surface area contributed by atoms with Crippen LogP contribution in [0.4, 0.5) is 5.82 Å². The van der Waals surface area contributed by atoms with Crippen molar-refractivity contribution in [3.63, 3.8) is 0 Å². The van der Waals surface area contributed by atoms with E-state index in [4.69, 9.17) is 0 Å². The summed E-state index contributed by atoms with van der Waals surface area (Å²) >= 11 is 0. The smallest absolute Gasteiger partial charge is 0.129 e. The zero-order chi connectivity index (χ0) is 11.1. The number of hydrogen-bond acceptors (Lipinski definition) is 4. The lowest BCUT2D eigenvalue weighted by Gasteiger charge is -2.09. The predicted molar refractivity (Wildman–Crippen MR) is 63.0 cm³/mol. The summed E-state index contributed by atoms with van der Waals surface area (Å²) in [7, 11) is 4.20. The molecule has 0 atom stereocenters. The molecule has 0 radical (unpaired) electrons. The SMILES string of the molecule is Cc1nccc(NCCCCN(C)C)n1. The van der Waals surface area contributed by atoms with Crippen molar-refractivity contribution in [3.05, 3.63) is 18.1 Å². The molecule has 0 bridgehead atoms. The lowest BCUT2D eigenvalue weighted by molar-refractivity contribution is 0.396. The van der Waals surface area contributed by atoms with Crippen molar-refractivity contribution >= 4 is 5.82 Å². The average molecular weight is 208 g/mol. The van der Waals surface area contributed by atoms with Crippen molar-refractivity contribution in [2.75, 3.05) is 32.5 Å². The topological polar surface area (TPSA) is 41.1 Å². The molecule has 15 heavy (non-hydrogen) atoms. The Labute approximate surface area is 91.7 Å². The maximum absolute atomic E-state index is 4.27. The van der Waals surface area contributed by atoms with Crippen LogP contribution in [-0.4, -0.2) is 42.1 Å². The Kier molecular flexibility index (Phi) is 5.04. The molecule has 1 aromatic rings. The van der Waals surface area contributed by atoms with Gasteiger partial charge in [0.15, 0.2) is 0 Å². The van der Waals surface area contributed by atoms with Crippen LogP contribution in [0.2, 0.25) is 0 Å². The fourth-order valence-corrected chi connectivity index (χ4v) is 1.32. The molecule has 0 amide bonds. The van der Waals surface area contributed by atoms with E-state index in [1.54, 1.807) is 6.20 Å². The van der Waals surface area contributed by atoms with Gasteiger partial charge in [0, 0.05) is 12.7 Å². The van der Waals surface area contributed by atoms with Crippen molar-refractivity contribution < 1.29 is 0 Å². The van der Waals surface area contributed by atoms with Crippen LogP contribution >= 0.6 is 0 Å². The van der Waals surface area contributed by atoms with E-state index >= 15 is 0 Å². The second kappa shape index (κ2) is 6.35. The quantitative estimate of drug-likeness (QED) is 0.720. The molecule has 1 rings (SSSR count). The molecule has 4 heteroatoms. The van der Waals surface area contributed by atoms with Crippen LogP contribution in [0.3, 0.4) is 0 Å². The van der Waals surface area contributed by atoms with Gasteiger partial charge in [-0.2, -0.15) is 0 Å². The molecular weight excluding hydrogens is 188 g/mol. The van der Waals surface area contributed by atoms with Gasteiger partial charge in [0.05, 0.1) is 0 Å². The number of anilines is 1. The normalized spacial score (nSPS) is 10.7. The first kappa shape index (κ1) is 11.9. The minimum atomic E-state index is 0.813. The Morgan fingerprint density at radius 2 is 2.13 bits per heavy atom. The molecule has 0 aliphatic heterocycles. The number of rotatable bonds is 6. The lowest BCUT2D eigenvalue weighted by Crippen LogP contribution is -2.14. The summed E-state index contributed by atoms with van der Waals surface area (Å²) in [6, 6.07) is 1.90. The molecular formula is C11H20N4. The highest BCUT2D eigenvalue weighted by Crippen LogP contribution is 2.01. The first-order valence-corrected chi connectivity index (χ1v) is 5.37. The van der Waals surface area contributed by atoms with Crippen molar-refractivity contribution in [2.45, 2.75) is 19.8 Å². The number of nitrogens with one attached hydrogen (secondary N) is 1. The van der Waals surface area contributed by atoms with Crippen LogP contribution in [0.5, 0.6) is 0 Å². The Hall–Kier alpha value is -1.16. The van der Waals surface area contributed by atoms with Gasteiger partial charge in [0.1, 0.15) is 11.6 Å². The van der Waals surface area contributed by atoms with Gasteiger partial charge in [-0.3, -0.25) is 0 Å². The van der Waals surface area contributed by atoms with E-state index in [0.29, 0.717) is 0 Å². The van der Waals surface area contributed by atoms with E-state index in [9.17, 15) is 0 Å². The Morgan fingerprint density at radius 1 is 1.33 bits per heavy atom. The fraction of sp³-hybridized carbons (Fsp3) is 0.636. The molecule has 0 aromatic carbocycles. The third-order valence-corrected chi connectivity index (χ3v) is 2.11. The van der Waals surface area contributed by atoms with E-state index in [1.165, 1.54) is 12.8 Å². The molecule has 0 saturated carbocycles. The third-order valence-electron chi connectivity index (χ3n) is 2.11.